The number of methoxy groups -OCH3 is 1. The Hall–Kier alpha value is -3.02. The van der Waals surface area contributed by atoms with Gasteiger partial charge < -0.3 is 19.5 Å². The summed E-state index contributed by atoms with van der Waals surface area (Å²) in [5, 5.41) is 2.59. The summed E-state index contributed by atoms with van der Waals surface area (Å²) in [4.78, 5) is 24.2. The van der Waals surface area contributed by atoms with Gasteiger partial charge in [0.1, 0.15) is 24.0 Å². The summed E-state index contributed by atoms with van der Waals surface area (Å²) in [5.74, 6) is 0.241. The molecule has 0 heterocycles. The van der Waals surface area contributed by atoms with Crippen LogP contribution in [0.5, 0.6) is 5.75 Å². The van der Waals surface area contributed by atoms with Gasteiger partial charge >= 0.3 is 12.1 Å². The van der Waals surface area contributed by atoms with E-state index in [-0.39, 0.29) is 6.42 Å². The van der Waals surface area contributed by atoms with Crippen LogP contribution in [0.15, 0.2) is 48.5 Å². The first kappa shape index (κ1) is 22.3. The number of esters is 1. The molecule has 1 N–H and O–H groups in total. The van der Waals surface area contributed by atoms with Crippen molar-refractivity contribution in [2.45, 2.75) is 52.4 Å². The van der Waals surface area contributed by atoms with Gasteiger partial charge in [0.2, 0.25) is 0 Å². The minimum Gasteiger partial charge on any atom is -0.489 e. The highest BCUT2D eigenvalue weighted by Gasteiger charge is 2.25. The van der Waals surface area contributed by atoms with Crippen LogP contribution < -0.4 is 10.1 Å². The van der Waals surface area contributed by atoms with Gasteiger partial charge in [0.05, 0.1) is 7.11 Å². The Kier molecular flexibility index (Phi) is 7.65. The predicted molar refractivity (Wildman–Crippen MR) is 111 cm³/mol. The Morgan fingerprint density at radius 2 is 1.72 bits per heavy atom. The summed E-state index contributed by atoms with van der Waals surface area (Å²) < 4.78 is 16.0. The van der Waals surface area contributed by atoms with Crippen molar-refractivity contribution in [3.05, 3.63) is 65.2 Å². The molecule has 0 aliphatic carbocycles. The number of nitrogens with one attached hydrogen (secondary N) is 1. The van der Waals surface area contributed by atoms with Gasteiger partial charge in [-0.3, -0.25) is 0 Å². The summed E-state index contributed by atoms with van der Waals surface area (Å²) in [6.45, 7) is 7.70. The first-order valence-corrected chi connectivity index (χ1v) is 9.51. The van der Waals surface area contributed by atoms with Crippen molar-refractivity contribution in [3.63, 3.8) is 0 Å². The molecule has 0 unspecified atom stereocenters. The molecule has 0 aliphatic heterocycles. The number of hydrogen-bond acceptors (Lipinski definition) is 5. The second-order valence-corrected chi connectivity index (χ2v) is 7.80. The second-order valence-electron chi connectivity index (χ2n) is 7.80. The lowest BCUT2D eigenvalue weighted by molar-refractivity contribution is -0.143. The largest absolute Gasteiger partial charge is 0.489 e. The van der Waals surface area contributed by atoms with Crippen molar-refractivity contribution in [2.24, 2.45) is 0 Å². The van der Waals surface area contributed by atoms with Crippen molar-refractivity contribution in [1.29, 1.82) is 0 Å². The van der Waals surface area contributed by atoms with Crippen LogP contribution in [0, 0.1) is 6.92 Å². The Morgan fingerprint density at radius 3 is 2.31 bits per heavy atom. The fourth-order valence-corrected chi connectivity index (χ4v) is 2.76. The molecule has 2 aromatic rings. The number of amides is 1. The maximum Gasteiger partial charge on any atom is 0.408 e. The van der Waals surface area contributed by atoms with Crippen molar-refractivity contribution in [2.75, 3.05) is 7.11 Å². The molecular formula is C23H29NO5. The van der Waals surface area contributed by atoms with Gasteiger partial charge in [-0.25, -0.2) is 9.59 Å². The number of carbonyl (C=O) groups excluding carboxylic acids is 2. The normalized spacial score (nSPS) is 12.0. The van der Waals surface area contributed by atoms with E-state index in [2.05, 4.69) is 5.32 Å². The summed E-state index contributed by atoms with van der Waals surface area (Å²) in [6, 6.07) is 14.8. The molecule has 2 rings (SSSR count). The van der Waals surface area contributed by atoms with Crippen LogP contribution in [0.25, 0.3) is 0 Å². The monoisotopic (exact) mass is 399 g/mol. The third-order valence-electron chi connectivity index (χ3n) is 4.09. The number of alkyl carbamates (subject to hydrolysis) is 1. The average Bonchev–Trinajstić information content (AvgIpc) is 2.65. The lowest BCUT2D eigenvalue weighted by Gasteiger charge is -2.22. The zero-order valence-electron chi connectivity index (χ0n) is 17.7. The first-order chi connectivity index (χ1) is 13.7. The highest BCUT2D eigenvalue weighted by molar-refractivity contribution is 5.81. The topological polar surface area (TPSA) is 73.9 Å². The van der Waals surface area contributed by atoms with E-state index in [1.165, 1.54) is 7.11 Å². The standard InChI is InChI=1S/C23H29NO5/c1-16-13-18(11-12-20(16)28-15-17-9-7-6-8-10-17)14-19(21(25)27-5)24-22(26)29-23(2,3)4/h6-13,19H,14-15H2,1-5H3,(H,24,26)/t19-/m0/s1. The summed E-state index contributed by atoms with van der Waals surface area (Å²) in [7, 11) is 1.29. The lowest BCUT2D eigenvalue weighted by atomic mass is 10.0. The van der Waals surface area contributed by atoms with Gasteiger partial charge in [-0.2, -0.15) is 0 Å². The maximum absolute atomic E-state index is 12.1. The second kappa shape index (κ2) is 9.96. The van der Waals surface area contributed by atoms with Crippen LogP contribution in [-0.4, -0.2) is 30.8 Å². The Labute approximate surface area is 172 Å². The molecular weight excluding hydrogens is 370 g/mol. The van der Waals surface area contributed by atoms with Gasteiger partial charge in [-0.15, -0.1) is 0 Å². The number of benzene rings is 2. The van der Waals surface area contributed by atoms with E-state index in [0.29, 0.717) is 6.61 Å². The molecule has 0 spiro atoms. The highest BCUT2D eigenvalue weighted by atomic mass is 16.6. The molecule has 0 aromatic heterocycles. The number of carbonyl (C=O) groups is 2. The molecule has 6 nitrogen and oxygen atoms in total. The van der Waals surface area contributed by atoms with Crippen LogP contribution in [0.3, 0.4) is 0 Å². The molecule has 2 aromatic carbocycles. The SMILES string of the molecule is COC(=O)[C@H](Cc1ccc(OCc2ccccc2)c(C)c1)NC(=O)OC(C)(C)C. The summed E-state index contributed by atoms with van der Waals surface area (Å²) >= 11 is 0. The fraction of sp³-hybridized carbons (Fsp3) is 0.391. The van der Waals surface area contributed by atoms with Crippen molar-refractivity contribution < 1.29 is 23.8 Å². The maximum atomic E-state index is 12.1. The molecule has 0 radical (unpaired) electrons. The van der Waals surface area contributed by atoms with E-state index in [0.717, 1.165) is 22.4 Å². The van der Waals surface area contributed by atoms with Gasteiger partial charge in [0.25, 0.3) is 0 Å². The third-order valence-corrected chi connectivity index (χ3v) is 4.09. The molecule has 156 valence electrons. The van der Waals surface area contributed by atoms with Gasteiger partial charge in [-0.05, 0) is 50.5 Å². The lowest BCUT2D eigenvalue weighted by Crippen LogP contribution is -2.45. The highest BCUT2D eigenvalue weighted by Crippen LogP contribution is 2.21. The summed E-state index contributed by atoms with van der Waals surface area (Å²) in [6.07, 6.45) is -0.376. The zero-order chi connectivity index (χ0) is 21.4. The van der Waals surface area contributed by atoms with E-state index in [1.807, 2.05) is 55.5 Å². The molecule has 0 bridgehead atoms. The number of ether oxygens (including phenoxy) is 3. The molecule has 1 amide bonds. The minimum atomic E-state index is -0.842. The Morgan fingerprint density at radius 1 is 1.03 bits per heavy atom. The zero-order valence-corrected chi connectivity index (χ0v) is 17.7. The van der Waals surface area contributed by atoms with Crippen LogP contribution in [-0.2, 0) is 27.3 Å². The van der Waals surface area contributed by atoms with E-state index in [1.54, 1.807) is 20.8 Å². The van der Waals surface area contributed by atoms with Crippen molar-refractivity contribution in [1.82, 2.24) is 5.32 Å². The summed E-state index contributed by atoms with van der Waals surface area (Å²) in [5.41, 5.74) is 2.25. The van der Waals surface area contributed by atoms with E-state index >= 15 is 0 Å². The van der Waals surface area contributed by atoms with Crippen LogP contribution in [0.1, 0.15) is 37.5 Å². The van der Waals surface area contributed by atoms with Crippen molar-refractivity contribution >= 4 is 12.1 Å². The molecule has 0 fully saturated rings. The minimum absolute atomic E-state index is 0.283. The quantitative estimate of drug-likeness (QED) is 0.707. The molecule has 0 saturated heterocycles. The van der Waals surface area contributed by atoms with Gasteiger partial charge in [0, 0.05) is 6.42 Å². The molecule has 29 heavy (non-hydrogen) atoms. The Bertz CT molecular complexity index is 827. The molecule has 1 atom stereocenters. The average molecular weight is 399 g/mol. The van der Waals surface area contributed by atoms with Gasteiger partial charge in [0.15, 0.2) is 0 Å². The molecule has 6 heteroatoms. The van der Waals surface area contributed by atoms with Crippen LogP contribution >= 0.6 is 0 Å². The molecule has 0 aliphatic rings. The fourth-order valence-electron chi connectivity index (χ4n) is 2.76. The van der Waals surface area contributed by atoms with E-state index in [9.17, 15) is 9.59 Å². The van der Waals surface area contributed by atoms with E-state index < -0.39 is 23.7 Å². The van der Waals surface area contributed by atoms with Crippen molar-refractivity contribution in [3.8, 4) is 5.75 Å². The van der Waals surface area contributed by atoms with Crippen LogP contribution in [0.4, 0.5) is 4.79 Å². The predicted octanol–water partition coefficient (Wildman–Crippen LogP) is 4.18. The first-order valence-electron chi connectivity index (χ1n) is 9.51. The van der Waals surface area contributed by atoms with Crippen LogP contribution in [0.2, 0.25) is 0 Å². The number of hydrogen-bond donors (Lipinski definition) is 1. The Balaban J connectivity index is 2.04. The third kappa shape index (κ3) is 7.49. The number of rotatable bonds is 7. The number of aryl methyl sites for hydroxylation is 1. The van der Waals surface area contributed by atoms with Gasteiger partial charge in [-0.1, -0.05) is 42.5 Å². The molecule has 0 saturated carbocycles. The smallest absolute Gasteiger partial charge is 0.408 e. The van der Waals surface area contributed by atoms with E-state index in [4.69, 9.17) is 14.2 Å².